The third-order valence-electron chi connectivity index (χ3n) is 8.26. The van der Waals surface area contributed by atoms with Gasteiger partial charge in [-0.05, 0) is 94.9 Å². The zero-order valence-corrected chi connectivity index (χ0v) is 24.4. The molecule has 2 N–H and O–H groups in total. The highest BCUT2D eigenvalue weighted by molar-refractivity contribution is 5.95. The molecule has 0 saturated carbocycles. The minimum absolute atomic E-state index is 0.0965. The summed E-state index contributed by atoms with van der Waals surface area (Å²) in [5, 5.41) is 21.9. The first-order valence-electron chi connectivity index (χ1n) is 14.8. The number of phenols is 2. The second-order valence-corrected chi connectivity index (χ2v) is 11.1. The molecule has 0 aliphatic carbocycles. The van der Waals surface area contributed by atoms with Gasteiger partial charge in [0.1, 0.15) is 23.9 Å². The first-order chi connectivity index (χ1) is 20.9. The number of hydrogen-bond acceptors (Lipinski definition) is 6. The normalized spacial score (nSPS) is 13.7. The van der Waals surface area contributed by atoms with Gasteiger partial charge in [-0.2, -0.15) is 0 Å². The highest BCUT2D eigenvalue weighted by Gasteiger charge is 2.18. The summed E-state index contributed by atoms with van der Waals surface area (Å²) < 4.78 is 6.11. The standard InChI is InChI=1S/C37H36N2O4/c1-26(40)29-3-2-4-31(24-29)39-19-17-38(18-20-39)21-22-43-34-13-5-27(6-14-34)23-37-35(28-7-10-32(41)11-8-28)15-9-30-25-33(42)12-16-36(30)37/h2-16,24-25,41-42H,17-23H2,1H3. The number of ether oxygens (including phenoxy) is 1. The largest absolute Gasteiger partial charge is 0.508 e. The van der Waals surface area contributed by atoms with Crippen molar-refractivity contribution in [2.75, 3.05) is 44.2 Å². The lowest BCUT2D eigenvalue weighted by molar-refractivity contribution is 0.101. The Bertz CT molecular complexity index is 1720. The molecule has 0 radical (unpaired) electrons. The number of nitrogens with zero attached hydrogens (tertiary/aromatic N) is 2. The van der Waals surface area contributed by atoms with Crippen molar-refractivity contribution in [1.29, 1.82) is 0 Å². The van der Waals surface area contributed by atoms with E-state index in [1.54, 1.807) is 31.2 Å². The van der Waals surface area contributed by atoms with E-state index >= 15 is 0 Å². The maximum Gasteiger partial charge on any atom is 0.159 e. The zero-order chi connectivity index (χ0) is 29.8. The van der Waals surface area contributed by atoms with E-state index in [4.69, 9.17) is 4.74 Å². The average molecular weight is 573 g/mol. The van der Waals surface area contributed by atoms with Gasteiger partial charge < -0.3 is 19.8 Å². The molecule has 1 heterocycles. The van der Waals surface area contributed by atoms with Crippen LogP contribution in [-0.4, -0.2) is 60.2 Å². The van der Waals surface area contributed by atoms with E-state index in [0.717, 1.165) is 83.6 Å². The van der Waals surface area contributed by atoms with Crippen LogP contribution >= 0.6 is 0 Å². The minimum atomic E-state index is 0.0965. The second kappa shape index (κ2) is 12.6. The molecule has 0 aromatic heterocycles. The molecular formula is C37H36N2O4. The number of Topliss-reactive ketones (excluding diaryl/α,β-unsaturated/α-hetero) is 1. The molecule has 218 valence electrons. The van der Waals surface area contributed by atoms with Crippen molar-refractivity contribution in [2.24, 2.45) is 0 Å². The zero-order valence-electron chi connectivity index (χ0n) is 24.4. The molecule has 0 bridgehead atoms. The van der Waals surface area contributed by atoms with Crippen LogP contribution in [0.3, 0.4) is 0 Å². The van der Waals surface area contributed by atoms with Crippen molar-refractivity contribution in [3.05, 3.63) is 120 Å². The number of phenolic OH excluding ortho intramolecular Hbond substituents is 2. The van der Waals surface area contributed by atoms with Gasteiger partial charge in [0.15, 0.2) is 5.78 Å². The van der Waals surface area contributed by atoms with Gasteiger partial charge in [-0.3, -0.25) is 9.69 Å². The van der Waals surface area contributed by atoms with Gasteiger partial charge in [-0.15, -0.1) is 0 Å². The lowest BCUT2D eigenvalue weighted by Crippen LogP contribution is -2.47. The Kier molecular flexibility index (Phi) is 8.29. The number of hydrogen-bond donors (Lipinski definition) is 2. The summed E-state index contributed by atoms with van der Waals surface area (Å²) in [6.07, 6.45) is 0.720. The average Bonchev–Trinajstić information content (AvgIpc) is 3.03. The summed E-state index contributed by atoms with van der Waals surface area (Å²) in [7, 11) is 0. The fraction of sp³-hybridized carbons (Fsp3) is 0.216. The van der Waals surface area contributed by atoms with Crippen molar-refractivity contribution >= 4 is 22.2 Å². The van der Waals surface area contributed by atoms with Crippen molar-refractivity contribution in [2.45, 2.75) is 13.3 Å². The van der Waals surface area contributed by atoms with E-state index in [2.05, 4.69) is 34.1 Å². The van der Waals surface area contributed by atoms with E-state index in [1.807, 2.05) is 54.6 Å². The maximum atomic E-state index is 11.7. The number of ketones is 1. The molecular weight excluding hydrogens is 536 g/mol. The van der Waals surface area contributed by atoms with Crippen LogP contribution in [-0.2, 0) is 6.42 Å². The number of rotatable bonds is 9. The van der Waals surface area contributed by atoms with Crippen molar-refractivity contribution < 1.29 is 19.7 Å². The molecule has 6 rings (SSSR count). The van der Waals surface area contributed by atoms with E-state index < -0.39 is 0 Å². The molecule has 1 fully saturated rings. The number of benzene rings is 5. The highest BCUT2D eigenvalue weighted by Crippen LogP contribution is 2.34. The molecule has 1 saturated heterocycles. The lowest BCUT2D eigenvalue weighted by Gasteiger charge is -2.36. The van der Waals surface area contributed by atoms with Crippen LogP contribution in [0.4, 0.5) is 5.69 Å². The topological polar surface area (TPSA) is 73.2 Å². The van der Waals surface area contributed by atoms with E-state index in [-0.39, 0.29) is 17.3 Å². The molecule has 1 aliphatic rings. The molecule has 43 heavy (non-hydrogen) atoms. The van der Waals surface area contributed by atoms with E-state index in [0.29, 0.717) is 6.61 Å². The SMILES string of the molecule is CC(=O)c1cccc(N2CCN(CCOc3ccc(Cc4c(-c5ccc(O)cc5)ccc5cc(O)ccc45)cc3)CC2)c1. The van der Waals surface area contributed by atoms with E-state index in [1.165, 1.54) is 5.56 Å². The molecule has 0 atom stereocenters. The number of piperazine rings is 1. The Hall–Kier alpha value is -4.81. The summed E-state index contributed by atoms with van der Waals surface area (Å²) in [5.74, 6) is 1.44. The minimum Gasteiger partial charge on any atom is -0.508 e. The molecule has 5 aromatic rings. The number of anilines is 1. The third-order valence-corrected chi connectivity index (χ3v) is 8.26. The molecule has 5 aromatic carbocycles. The highest BCUT2D eigenvalue weighted by atomic mass is 16.5. The maximum absolute atomic E-state index is 11.7. The van der Waals surface area contributed by atoms with Crippen LogP contribution < -0.4 is 9.64 Å². The Balaban J connectivity index is 1.07. The monoisotopic (exact) mass is 572 g/mol. The summed E-state index contributed by atoms with van der Waals surface area (Å²) in [6, 6.07) is 33.1. The van der Waals surface area contributed by atoms with Crippen LogP contribution in [0.2, 0.25) is 0 Å². The van der Waals surface area contributed by atoms with Gasteiger partial charge in [-0.1, -0.05) is 54.6 Å². The predicted molar refractivity (Wildman–Crippen MR) is 173 cm³/mol. The van der Waals surface area contributed by atoms with Crippen LogP contribution in [0, 0.1) is 0 Å². The molecule has 0 amide bonds. The van der Waals surface area contributed by atoms with Gasteiger partial charge in [-0.25, -0.2) is 0 Å². The third kappa shape index (κ3) is 6.65. The Morgan fingerprint density at radius 3 is 2.28 bits per heavy atom. The van der Waals surface area contributed by atoms with Crippen LogP contribution in [0.25, 0.3) is 21.9 Å². The number of aromatic hydroxyl groups is 2. The number of carbonyl (C=O) groups is 1. The summed E-state index contributed by atoms with van der Waals surface area (Å²) in [5.41, 5.74) is 6.34. The van der Waals surface area contributed by atoms with Crippen LogP contribution in [0.15, 0.2) is 103 Å². The summed E-state index contributed by atoms with van der Waals surface area (Å²) in [4.78, 5) is 16.5. The molecule has 6 heteroatoms. The van der Waals surface area contributed by atoms with Gasteiger partial charge in [0.05, 0.1) is 0 Å². The molecule has 0 unspecified atom stereocenters. The Morgan fingerprint density at radius 1 is 0.791 bits per heavy atom. The first-order valence-corrected chi connectivity index (χ1v) is 14.8. The van der Waals surface area contributed by atoms with Crippen molar-refractivity contribution in [3.8, 4) is 28.4 Å². The van der Waals surface area contributed by atoms with Crippen molar-refractivity contribution in [1.82, 2.24) is 4.90 Å². The molecule has 0 spiro atoms. The van der Waals surface area contributed by atoms with E-state index in [9.17, 15) is 15.0 Å². The molecule has 1 aliphatic heterocycles. The smallest absolute Gasteiger partial charge is 0.159 e. The lowest BCUT2D eigenvalue weighted by atomic mass is 9.90. The second-order valence-electron chi connectivity index (χ2n) is 11.1. The van der Waals surface area contributed by atoms with Crippen LogP contribution in [0.5, 0.6) is 17.2 Å². The fourth-order valence-electron chi connectivity index (χ4n) is 5.84. The first kappa shape index (κ1) is 28.3. The van der Waals surface area contributed by atoms with Gasteiger partial charge in [0.25, 0.3) is 0 Å². The Morgan fingerprint density at radius 2 is 1.53 bits per heavy atom. The fourth-order valence-corrected chi connectivity index (χ4v) is 5.84. The van der Waals surface area contributed by atoms with Gasteiger partial charge in [0.2, 0.25) is 0 Å². The van der Waals surface area contributed by atoms with Crippen molar-refractivity contribution in [3.63, 3.8) is 0 Å². The molecule has 6 nitrogen and oxygen atoms in total. The number of fused-ring (bicyclic) bond motifs is 1. The Labute approximate surface area is 252 Å². The van der Waals surface area contributed by atoms with Gasteiger partial charge in [0, 0.05) is 44.0 Å². The van der Waals surface area contributed by atoms with Crippen LogP contribution in [0.1, 0.15) is 28.4 Å². The summed E-state index contributed by atoms with van der Waals surface area (Å²) in [6.45, 7) is 6.86. The van der Waals surface area contributed by atoms with Gasteiger partial charge >= 0.3 is 0 Å². The predicted octanol–water partition coefficient (Wildman–Crippen LogP) is 6.91. The summed E-state index contributed by atoms with van der Waals surface area (Å²) >= 11 is 0. The quantitative estimate of drug-likeness (QED) is 0.187. The number of carbonyl (C=O) groups excluding carboxylic acids is 1.